The average molecular weight is 481 g/mol. The highest BCUT2D eigenvalue weighted by Crippen LogP contribution is 2.35. The van der Waals surface area contributed by atoms with Crippen molar-refractivity contribution >= 4 is 28.2 Å². The van der Waals surface area contributed by atoms with E-state index in [2.05, 4.69) is 19.9 Å². The molecule has 174 valence electrons. The molecule has 0 aliphatic carbocycles. The van der Waals surface area contributed by atoms with Crippen molar-refractivity contribution < 1.29 is 19.0 Å². The van der Waals surface area contributed by atoms with E-state index < -0.39 is 11.9 Å². The van der Waals surface area contributed by atoms with Crippen molar-refractivity contribution in [1.29, 1.82) is 0 Å². The Morgan fingerprint density at radius 2 is 1.91 bits per heavy atom. The number of anilines is 1. The summed E-state index contributed by atoms with van der Waals surface area (Å²) in [5.74, 6) is -0.0593. The standard InChI is InChI=1S/C25H22ClFN4O3/c1-33-22-12-23(26)28-13-19(22)25(32)15-2-5-20(27)18(10-15)24-17-4-3-16(11-21(17)29-14-30-24)31-6-8-34-9-7-31/h2-5,10-14,25,32H,6-9H2,1H3. The second-order valence-electron chi connectivity index (χ2n) is 7.91. The predicted octanol–water partition coefficient (Wildman–Crippen LogP) is 4.41. The summed E-state index contributed by atoms with van der Waals surface area (Å²) in [6.07, 6.45) is 1.78. The Labute approximate surface area is 200 Å². The highest BCUT2D eigenvalue weighted by Gasteiger charge is 2.20. The molecule has 2 aromatic heterocycles. The number of ether oxygens (including phenoxy) is 2. The van der Waals surface area contributed by atoms with Crippen LogP contribution in [0.2, 0.25) is 5.15 Å². The van der Waals surface area contributed by atoms with Crippen LogP contribution in [0.15, 0.2) is 55.0 Å². The molecule has 1 atom stereocenters. The maximum Gasteiger partial charge on any atom is 0.132 e. The molecule has 5 rings (SSSR count). The lowest BCUT2D eigenvalue weighted by atomic mass is 9.97. The SMILES string of the molecule is COc1cc(Cl)ncc1C(O)c1ccc(F)c(-c2ncnc3cc(N4CCOCC4)ccc23)c1. The summed E-state index contributed by atoms with van der Waals surface area (Å²) in [5, 5.41) is 12.0. The molecule has 0 radical (unpaired) electrons. The molecule has 9 heteroatoms. The zero-order valence-corrected chi connectivity index (χ0v) is 19.2. The molecule has 1 aliphatic heterocycles. The van der Waals surface area contributed by atoms with Crippen molar-refractivity contribution in [2.75, 3.05) is 38.3 Å². The van der Waals surface area contributed by atoms with Gasteiger partial charge in [-0.25, -0.2) is 19.3 Å². The molecule has 3 heterocycles. The predicted molar refractivity (Wildman–Crippen MR) is 128 cm³/mol. The summed E-state index contributed by atoms with van der Waals surface area (Å²) in [6, 6.07) is 11.8. The Bertz CT molecular complexity index is 1350. The highest BCUT2D eigenvalue weighted by atomic mass is 35.5. The number of rotatable bonds is 5. The first-order chi connectivity index (χ1) is 16.5. The maximum atomic E-state index is 15.0. The van der Waals surface area contributed by atoms with E-state index in [-0.39, 0.29) is 10.7 Å². The second kappa shape index (κ2) is 9.50. The zero-order valence-electron chi connectivity index (χ0n) is 18.4. The fourth-order valence-electron chi connectivity index (χ4n) is 4.16. The van der Waals surface area contributed by atoms with E-state index in [0.29, 0.717) is 41.3 Å². The quantitative estimate of drug-likeness (QED) is 0.424. The molecule has 1 unspecified atom stereocenters. The molecule has 1 saturated heterocycles. The number of hydrogen-bond donors (Lipinski definition) is 1. The fourth-order valence-corrected chi connectivity index (χ4v) is 4.31. The summed E-state index contributed by atoms with van der Waals surface area (Å²) in [5.41, 5.74) is 3.35. The van der Waals surface area contributed by atoms with Crippen LogP contribution < -0.4 is 9.64 Å². The Balaban J connectivity index is 1.55. The molecule has 0 bridgehead atoms. The molecule has 0 amide bonds. The van der Waals surface area contributed by atoms with E-state index in [9.17, 15) is 9.50 Å². The van der Waals surface area contributed by atoms with Gasteiger partial charge in [-0.1, -0.05) is 17.7 Å². The Kier molecular flexibility index (Phi) is 6.28. The fraction of sp³-hybridized carbons (Fsp3) is 0.240. The lowest BCUT2D eigenvalue weighted by Gasteiger charge is -2.29. The van der Waals surface area contributed by atoms with Gasteiger partial charge in [0.05, 0.1) is 31.5 Å². The Hall–Kier alpha value is -3.33. The number of morpholine rings is 1. The molecular formula is C25H22ClFN4O3. The van der Waals surface area contributed by atoms with Crippen LogP contribution in [0, 0.1) is 5.82 Å². The van der Waals surface area contributed by atoms with Gasteiger partial charge in [0.15, 0.2) is 0 Å². The van der Waals surface area contributed by atoms with Gasteiger partial charge < -0.3 is 19.5 Å². The molecule has 7 nitrogen and oxygen atoms in total. The maximum absolute atomic E-state index is 15.0. The molecule has 4 aromatic rings. The van der Waals surface area contributed by atoms with E-state index in [1.54, 1.807) is 6.07 Å². The minimum Gasteiger partial charge on any atom is -0.496 e. The molecule has 2 aromatic carbocycles. The van der Waals surface area contributed by atoms with Crippen molar-refractivity contribution in [2.45, 2.75) is 6.10 Å². The molecule has 1 aliphatic rings. The van der Waals surface area contributed by atoms with Gasteiger partial charge in [-0.3, -0.25) is 0 Å². The van der Waals surface area contributed by atoms with Crippen LogP contribution in [0.1, 0.15) is 17.2 Å². The topological polar surface area (TPSA) is 80.6 Å². The first kappa shape index (κ1) is 22.5. The number of methoxy groups -OCH3 is 1. The van der Waals surface area contributed by atoms with Crippen LogP contribution in [0.5, 0.6) is 5.75 Å². The Morgan fingerprint density at radius 3 is 2.71 bits per heavy atom. The minimum absolute atomic E-state index is 0.247. The van der Waals surface area contributed by atoms with Crippen molar-refractivity contribution in [3.8, 4) is 17.0 Å². The number of aliphatic hydroxyl groups excluding tert-OH is 1. The van der Waals surface area contributed by atoms with Crippen LogP contribution in [-0.2, 0) is 4.74 Å². The van der Waals surface area contributed by atoms with E-state index >= 15 is 0 Å². The first-order valence-electron chi connectivity index (χ1n) is 10.8. The molecule has 1 N–H and O–H groups in total. The molecular weight excluding hydrogens is 459 g/mol. The largest absolute Gasteiger partial charge is 0.496 e. The van der Waals surface area contributed by atoms with Crippen LogP contribution in [-0.4, -0.2) is 53.5 Å². The van der Waals surface area contributed by atoms with E-state index in [4.69, 9.17) is 21.1 Å². The van der Waals surface area contributed by atoms with Gasteiger partial charge in [0.2, 0.25) is 0 Å². The highest BCUT2D eigenvalue weighted by molar-refractivity contribution is 6.29. The monoisotopic (exact) mass is 480 g/mol. The van der Waals surface area contributed by atoms with Gasteiger partial charge in [-0.05, 0) is 35.9 Å². The number of hydrogen-bond acceptors (Lipinski definition) is 7. The summed E-state index contributed by atoms with van der Waals surface area (Å²) in [7, 11) is 1.48. The lowest BCUT2D eigenvalue weighted by Crippen LogP contribution is -2.36. The average Bonchev–Trinajstić information content (AvgIpc) is 2.88. The number of aromatic nitrogens is 3. The normalized spacial score (nSPS) is 14.9. The van der Waals surface area contributed by atoms with Crippen LogP contribution in [0.25, 0.3) is 22.2 Å². The van der Waals surface area contributed by atoms with Crippen molar-refractivity contribution in [2.24, 2.45) is 0 Å². The molecule has 0 saturated carbocycles. The van der Waals surface area contributed by atoms with Crippen molar-refractivity contribution in [3.05, 3.63) is 77.1 Å². The number of benzene rings is 2. The molecule has 0 spiro atoms. The van der Waals surface area contributed by atoms with Gasteiger partial charge in [-0.2, -0.15) is 0 Å². The van der Waals surface area contributed by atoms with Crippen LogP contribution >= 0.6 is 11.6 Å². The lowest BCUT2D eigenvalue weighted by molar-refractivity contribution is 0.122. The van der Waals surface area contributed by atoms with Gasteiger partial charge in [0.25, 0.3) is 0 Å². The summed E-state index contributed by atoms with van der Waals surface area (Å²) < 4.78 is 25.8. The molecule has 34 heavy (non-hydrogen) atoms. The van der Waals surface area contributed by atoms with Crippen molar-refractivity contribution in [1.82, 2.24) is 15.0 Å². The number of fused-ring (bicyclic) bond motifs is 1. The summed E-state index contributed by atoms with van der Waals surface area (Å²) >= 11 is 5.94. The van der Waals surface area contributed by atoms with Crippen LogP contribution in [0.4, 0.5) is 10.1 Å². The van der Waals surface area contributed by atoms with E-state index in [0.717, 1.165) is 24.2 Å². The number of pyridine rings is 1. The van der Waals surface area contributed by atoms with Gasteiger partial charge in [0, 0.05) is 47.6 Å². The second-order valence-corrected chi connectivity index (χ2v) is 8.30. The van der Waals surface area contributed by atoms with Crippen LogP contribution in [0.3, 0.4) is 0 Å². The summed E-state index contributed by atoms with van der Waals surface area (Å²) in [6.45, 7) is 2.98. The third kappa shape index (κ3) is 4.27. The summed E-state index contributed by atoms with van der Waals surface area (Å²) in [4.78, 5) is 15.1. The minimum atomic E-state index is -1.10. The van der Waals surface area contributed by atoms with Gasteiger partial charge in [-0.15, -0.1) is 0 Å². The number of aliphatic hydroxyl groups is 1. The number of halogens is 2. The first-order valence-corrected chi connectivity index (χ1v) is 11.2. The third-order valence-electron chi connectivity index (χ3n) is 5.93. The number of nitrogens with zero attached hydrogens (tertiary/aromatic N) is 4. The smallest absolute Gasteiger partial charge is 0.132 e. The van der Waals surface area contributed by atoms with Gasteiger partial charge in [0.1, 0.15) is 29.2 Å². The van der Waals surface area contributed by atoms with Gasteiger partial charge >= 0.3 is 0 Å². The van der Waals surface area contributed by atoms with E-state index in [1.165, 1.54) is 37.8 Å². The van der Waals surface area contributed by atoms with E-state index in [1.807, 2.05) is 18.2 Å². The zero-order chi connectivity index (χ0) is 23.7. The Morgan fingerprint density at radius 1 is 1.09 bits per heavy atom. The molecule has 1 fully saturated rings. The van der Waals surface area contributed by atoms with Crippen molar-refractivity contribution in [3.63, 3.8) is 0 Å². The third-order valence-corrected chi connectivity index (χ3v) is 6.14.